The van der Waals surface area contributed by atoms with E-state index in [0.717, 1.165) is 35.0 Å². The number of hydrogen-bond acceptors (Lipinski definition) is 4. The first-order valence-corrected chi connectivity index (χ1v) is 6.17. The number of imidazole rings is 1. The fourth-order valence-electron chi connectivity index (χ4n) is 1.38. The van der Waals surface area contributed by atoms with E-state index in [2.05, 4.69) is 21.5 Å². The number of nitrogen functional groups attached to an aromatic ring is 1. The Morgan fingerprint density at radius 2 is 2.40 bits per heavy atom. The fraction of sp³-hybridized carbons (Fsp3) is 0.300. The van der Waals surface area contributed by atoms with Gasteiger partial charge in [0.15, 0.2) is 0 Å². The molecule has 15 heavy (non-hydrogen) atoms. The van der Waals surface area contributed by atoms with Gasteiger partial charge in [-0.1, -0.05) is 0 Å². The van der Waals surface area contributed by atoms with E-state index < -0.39 is 0 Å². The summed E-state index contributed by atoms with van der Waals surface area (Å²) in [5.41, 5.74) is 8.35. The highest BCUT2D eigenvalue weighted by atomic mass is 32.2. The van der Waals surface area contributed by atoms with E-state index in [0.29, 0.717) is 0 Å². The van der Waals surface area contributed by atoms with Crippen LogP contribution >= 0.6 is 11.8 Å². The average molecular weight is 222 g/mol. The second kappa shape index (κ2) is 4.44. The van der Waals surface area contributed by atoms with Crippen LogP contribution in [0.5, 0.6) is 0 Å². The lowest BCUT2D eigenvalue weighted by Gasteiger charge is -1.98. The molecule has 2 aromatic rings. The maximum Gasteiger partial charge on any atom is 0.201 e. The quantitative estimate of drug-likeness (QED) is 0.546. The van der Waals surface area contributed by atoms with Crippen molar-refractivity contribution in [3.63, 3.8) is 0 Å². The molecule has 0 amide bonds. The number of fused-ring (bicyclic) bond motifs is 1. The van der Waals surface area contributed by atoms with Gasteiger partial charge in [-0.15, -0.1) is 0 Å². The van der Waals surface area contributed by atoms with E-state index in [1.165, 1.54) is 0 Å². The largest absolute Gasteiger partial charge is 0.399 e. The molecule has 0 aliphatic heterocycles. The molecule has 1 aromatic carbocycles. The Labute approximate surface area is 92.6 Å². The first-order chi connectivity index (χ1) is 7.29. The lowest BCUT2D eigenvalue weighted by molar-refractivity contribution is 1.16. The molecule has 0 atom stereocenters. The molecule has 0 unspecified atom stereocenters. The van der Waals surface area contributed by atoms with Crippen molar-refractivity contribution in [2.24, 2.45) is 0 Å². The van der Waals surface area contributed by atoms with Crippen molar-refractivity contribution in [2.75, 3.05) is 29.6 Å². The van der Waals surface area contributed by atoms with Gasteiger partial charge in [0.2, 0.25) is 5.95 Å². The zero-order chi connectivity index (χ0) is 10.7. The number of rotatable bonds is 4. The second-order valence-corrected chi connectivity index (χ2v) is 4.27. The standard InChI is InChI=1S/C10H14N4S/c1-15-5-4-12-10-13-8-3-2-7(11)6-9(8)14-10/h2-3,6H,4-5,11H2,1H3,(H2,12,13,14). The highest BCUT2D eigenvalue weighted by molar-refractivity contribution is 7.98. The molecule has 80 valence electrons. The zero-order valence-corrected chi connectivity index (χ0v) is 9.40. The van der Waals surface area contributed by atoms with E-state index in [1.807, 2.05) is 18.2 Å². The summed E-state index contributed by atoms with van der Waals surface area (Å²) < 4.78 is 0. The molecule has 0 fully saturated rings. The van der Waals surface area contributed by atoms with Crippen LogP contribution in [0.4, 0.5) is 11.6 Å². The van der Waals surface area contributed by atoms with Gasteiger partial charge in [-0.25, -0.2) is 4.98 Å². The van der Waals surface area contributed by atoms with Crippen LogP contribution in [0.2, 0.25) is 0 Å². The Bertz CT molecular complexity index is 452. The molecule has 4 nitrogen and oxygen atoms in total. The average Bonchev–Trinajstić information content (AvgIpc) is 2.60. The van der Waals surface area contributed by atoms with E-state index in [-0.39, 0.29) is 0 Å². The third-order valence-electron chi connectivity index (χ3n) is 2.10. The lowest BCUT2D eigenvalue weighted by Crippen LogP contribution is -2.04. The summed E-state index contributed by atoms with van der Waals surface area (Å²) in [5, 5.41) is 3.23. The molecule has 2 rings (SSSR count). The number of nitrogens with two attached hydrogens (primary N) is 1. The van der Waals surface area contributed by atoms with Gasteiger partial charge in [-0.2, -0.15) is 11.8 Å². The van der Waals surface area contributed by atoms with Gasteiger partial charge < -0.3 is 16.0 Å². The van der Waals surface area contributed by atoms with E-state index in [9.17, 15) is 0 Å². The number of nitrogens with zero attached hydrogens (tertiary/aromatic N) is 1. The molecular formula is C10H14N4S. The van der Waals surface area contributed by atoms with Crippen molar-refractivity contribution in [3.8, 4) is 0 Å². The number of thioether (sulfide) groups is 1. The minimum absolute atomic E-state index is 0.752. The Hall–Kier alpha value is -1.36. The van der Waals surface area contributed by atoms with Crippen LogP contribution in [-0.2, 0) is 0 Å². The summed E-state index contributed by atoms with van der Waals surface area (Å²) >= 11 is 1.81. The Kier molecular flexibility index (Phi) is 3.01. The number of hydrogen-bond donors (Lipinski definition) is 3. The summed E-state index contributed by atoms with van der Waals surface area (Å²) in [6.45, 7) is 0.913. The normalized spacial score (nSPS) is 10.7. The minimum atomic E-state index is 0.752. The monoisotopic (exact) mass is 222 g/mol. The molecule has 1 aromatic heterocycles. The maximum atomic E-state index is 5.68. The third-order valence-corrected chi connectivity index (χ3v) is 2.72. The SMILES string of the molecule is CSCCNc1nc2ccc(N)cc2[nH]1. The number of nitrogens with one attached hydrogen (secondary N) is 2. The molecule has 5 heteroatoms. The highest BCUT2D eigenvalue weighted by Crippen LogP contribution is 2.16. The summed E-state index contributed by atoms with van der Waals surface area (Å²) in [6, 6.07) is 5.66. The molecular weight excluding hydrogens is 208 g/mol. The van der Waals surface area contributed by atoms with Crippen LogP contribution in [0.3, 0.4) is 0 Å². The molecule has 1 heterocycles. The van der Waals surface area contributed by atoms with E-state index in [4.69, 9.17) is 5.73 Å². The molecule has 0 spiro atoms. The van der Waals surface area contributed by atoms with Crippen molar-refractivity contribution in [1.29, 1.82) is 0 Å². The summed E-state index contributed by atoms with van der Waals surface area (Å²) in [5.74, 6) is 1.88. The molecule has 0 radical (unpaired) electrons. The minimum Gasteiger partial charge on any atom is -0.399 e. The van der Waals surface area contributed by atoms with E-state index in [1.54, 1.807) is 11.8 Å². The molecule has 0 aliphatic rings. The van der Waals surface area contributed by atoms with Gasteiger partial charge in [-0.3, -0.25) is 0 Å². The lowest BCUT2D eigenvalue weighted by atomic mass is 10.3. The molecule has 0 saturated heterocycles. The van der Waals surface area contributed by atoms with Crippen molar-refractivity contribution < 1.29 is 0 Å². The molecule has 0 bridgehead atoms. The van der Waals surface area contributed by atoms with E-state index >= 15 is 0 Å². The van der Waals surface area contributed by atoms with Gasteiger partial charge in [-0.05, 0) is 24.5 Å². The first-order valence-electron chi connectivity index (χ1n) is 4.77. The van der Waals surface area contributed by atoms with Crippen LogP contribution in [0.15, 0.2) is 18.2 Å². The van der Waals surface area contributed by atoms with Crippen molar-refractivity contribution >= 4 is 34.4 Å². The van der Waals surface area contributed by atoms with Crippen LogP contribution in [-0.4, -0.2) is 28.5 Å². The zero-order valence-electron chi connectivity index (χ0n) is 8.58. The second-order valence-electron chi connectivity index (χ2n) is 3.28. The smallest absolute Gasteiger partial charge is 0.201 e. The summed E-state index contributed by atoms with van der Waals surface area (Å²) in [6.07, 6.45) is 2.08. The van der Waals surface area contributed by atoms with Crippen LogP contribution < -0.4 is 11.1 Å². The molecule has 0 saturated carbocycles. The van der Waals surface area contributed by atoms with Crippen molar-refractivity contribution in [1.82, 2.24) is 9.97 Å². The molecule has 4 N–H and O–H groups in total. The Morgan fingerprint density at radius 3 is 3.20 bits per heavy atom. The number of anilines is 2. The van der Waals surface area contributed by atoms with Gasteiger partial charge in [0.25, 0.3) is 0 Å². The maximum absolute atomic E-state index is 5.68. The van der Waals surface area contributed by atoms with Crippen molar-refractivity contribution in [3.05, 3.63) is 18.2 Å². The predicted octanol–water partition coefficient (Wildman–Crippen LogP) is 1.92. The summed E-state index contributed by atoms with van der Waals surface area (Å²) in [7, 11) is 0. The number of aromatic nitrogens is 2. The number of aromatic amines is 1. The third kappa shape index (κ3) is 2.36. The predicted molar refractivity (Wildman–Crippen MR) is 67.4 cm³/mol. The molecule has 0 aliphatic carbocycles. The topological polar surface area (TPSA) is 66.7 Å². The van der Waals surface area contributed by atoms with Crippen molar-refractivity contribution in [2.45, 2.75) is 0 Å². The first kappa shape index (κ1) is 10.2. The Balaban J connectivity index is 2.16. The van der Waals surface area contributed by atoms with Gasteiger partial charge >= 0.3 is 0 Å². The Morgan fingerprint density at radius 1 is 1.53 bits per heavy atom. The van der Waals surface area contributed by atoms with Crippen LogP contribution in [0.25, 0.3) is 11.0 Å². The fourth-order valence-corrected chi connectivity index (χ4v) is 1.69. The van der Waals surface area contributed by atoms with Gasteiger partial charge in [0.1, 0.15) is 0 Å². The van der Waals surface area contributed by atoms with Gasteiger partial charge in [0.05, 0.1) is 11.0 Å². The van der Waals surface area contributed by atoms with Crippen LogP contribution in [0, 0.1) is 0 Å². The number of benzene rings is 1. The summed E-state index contributed by atoms with van der Waals surface area (Å²) in [4.78, 5) is 7.58. The van der Waals surface area contributed by atoms with Crippen LogP contribution in [0.1, 0.15) is 0 Å². The highest BCUT2D eigenvalue weighted by Gasteiger charge is 2.01. The number of H-pyrrole nitrogens is 1. The van der Waals surface area contributed by atoms with Gasteiger partial charge in [0, 0.05) is 18.0 Å².